The zero-order chi connectivity index (χ0) is 25.1. The van der Waals surface area contributed by atoms with Gasteiger partial charge in [-0.1, -0.05) is 24.3 Å². The van der Waals surface area contributed by atoms with Crippen LogP contribution in [0.5, 0.6) is 23.0 Å². The number of amides is 1. The minimum atomic E-state index is -0.254. The highest BCUT2D eigenvalue weighted by atomic mass is 16.6. The zero-order valence-electron chi connectivity index (χ0n) is 20.3. The first-order valence-corrected chi connectivity index (χ1v) is 11.6. The number of hydrogen-bond donors (Lipinski definition) is 2. The Morgan fingerprint density at radius 1 is 0.944 bits per heavy atom. The summed E-state index contributed by atoms with van der Waals surface area (Å²) in [5.74, 6) is 3.00. The van der Waals surface area contributed by atoms with Gasteiger partial charge in [0, 0.05) is 11.5 Å². The number of pyridine rings is 1. The summed E-state index contributed by atoms with van der Waals surface area (Å²) in [6.07, 6.45) is 0. The fourth-order valence-electron chi connectivity index (χ4n) is 4.16. The van der Waals surface area contributed by atoms with Gasteiger partial charge in [0.15, 0.2) is 11.5 Å². The van der Waals surface area contributed by atoms with Gasteiger partial charge in [-0.05, 0) is 48.9 Å². The molecule has 1 aliphatic rings. The molecule has 0 saturated heterocycles. The second kappa shape index (κ2) is 10.0. The van der Waals surface area contributed by atoms with Gasteiger partial charge in [-0.25, -0.2) is 4.98 Å². The van der Waals surface area contributed by atoms with E-state index in [0.29, 0.717) is 58.8 Å². The van der Waals surface area contributed by atoms with Crippen LogP contribution in [0.15, 0.2) is 66.7 Å². The van der Waals surface area contributed by atoms with E-state index in [2.05, 4.69) is 10.6 Å². The maximum atomic E-state index is 13.5. The molecule has 0 saturated carbocycles. The second-order valence-corrected chi connectivity index (χ2v) is 8.36. The van der Waals surface area contributed by atoms with Crippen molar-refractivity contribution in [3.8, 4) is 23.0 Å². The maximum absolute atomic E-state index is 13.5. The van der Waals surface area contributed by atoms with Crippen LogP contribution in [0.1, 0.15) is 28.9 Å². The first-order valence-electron chi connectivity index (χ1n) is 11.6. The van der Waals surface area contributed by atoms with Crippen molar-refractivity contribution in [2.24, 2.45) is 0 Å². The Morgan fingerprint density at radius 3 is 2.56 bits per heavy atom. The smallest absolute Gasteiger partial charge is 0.252 e. The Hall–Kier alpha value is -4.46. The average Bonchev–Trinajstić information content (AvgIpc) is 2.92. The summed E-state index contributed by atoms with van der Waals surface area (Å²) in [5, 5.41) is 7.14. The third-order valence-electron chi connectivity index (χ3n) is 6.04. The molecule has 0 spiro atoms. The predicted octanol–water partition coefficient (Wildman–Crippen LogP) is 5.26. The number of anilines is 2. The number of carbonyl (C=O) groups excluding carboxylic acids is 1. The van der Waals surface area contributed by atoms with Crippen LogP contribution >= 0.6 is 0 Å². The number of ether oxygens (including phenoxy) is 4. The van der Waals surface area contributed by atoms with Gasteiger partial charge in [-0.2, -0.15) is 0 Å². The van der Waals surface area contributed by atoms with E-state index in [1.54, 1.807) is 20.3 Å². The largest absolute Gasteiger partial charge is 0.497 e. The van der Waals surface area contributed by atoms with E-state index in [4.69, 9.17) is 23.9 Å². The summed E-state index contributed by atoms with van der Waals surface area (Å²) in [7, 11) is 3.20. The number of carbonyl (C=O) groups is 1. The molecule has 8 nitrogen and oxygen atoms in total. The van der Waals surface area contributed by atoms with Crippen molar-refractivity contribution in [1.82, 2.24) is 10.3 Å². The molecule has 184 valence electrons. The Bertz CT molecular complexity index is 1420. The number of rotatable bonds is 7. The first kappa shape index (κ1) is 23.3. The van der Waals surface area contributed by atoms with Crippen LogP contribution in [0.4, 0.5) is 11.5 Å². The van der Waals surface area contributed by atoms with Gasteiger partial charge >= 0.3 is 0 Å². The van der Waals surface area contributed by atoms with Crippen LogP contribution in [-0.4, -0.2) is 38.3 Å². The number of para-hydroxylation sites is 1. The molecule has 1 unspecified atom stereocenters. The highest BCUT2D eigenvalue weighted by molar-refractivity contribution is 6.07. The number of benzene rings is 3. The van der Waals surface area contributed by atoms with Gasteiger partial charge in [0.25, 0.3) is 5.91 Å². The maximum Gasteiger partial charge on any atom is 0.252 e. The lowest BCUT2D eigenvalue weighted by atomic mass is 10.0. The highest BCUT2D eigenvalue weighted by Crippen LogP contribution is 2.34. The van der Waals surface area contributed by atoms with E-state index in [9.17, 15) is 4.79 Å². The van der Waals surface area contributed by atoms with Crippen LogP contribution in [0, 0.1) is 0 Å². The lowest BCUT2D eigenvalue weighted by molar-refractivity contribution is 0.0941. The molecule has 2 N–H and O–H groups in total. The van der Waals surface area contributed by atoms with Gasteiger partial charge in [0.05, 0.1) is 37.0 Å². The van der Waals surface area contributed by atoms with E-state index in [-0.39, 0.29) is 11.9 Å². The van der Waals surface area contributed by atoms with Crippen molar-refractivity contribution in [3.63, 3.8) is 0 Å². The zero-order valence-corrected chi connectivity index (χ0v) is 20.3. The van der Waals surface area contributed by atoms with Gasteiger partial charge < -0.3 is 29.6 Å². The minimum absolute atomic E-state index is 0.211. The number of fused-ring (bicyclic) bond motifs is 2. The van der Waals surface area contributed by atoms with Crippen LogP contribution in [0.25, 0.3) is 10.9 Å². The predicted molar refractivity (Wildman–Crippen MR) is 138 cm³/mol. The van der Waals surface area contributed by atoms with Crippen molar-refractivity contribution in [3.05, 3.63) is 77.9 Å². The lowest BCUT2D eigenvalue weighted by Gasteiger charge is -2.21. The first-order chi connectivity index (χ1) is 17.6. The monoisotopic (exact) mass is 485 g/mol. The fourth-order valence-corrected chi connectivity index (χ4v) is 4.16. The number of methoxy groups -OCH3 is 2. The van der Waals surface area contributed by atoms with Crippen molar-refractivity contribution in [2.75, 3.05) is 32.8 Å². The fraction of sp³-hybridized carbons (Fsp3) is 0.214. The molecule has 4 aromatic rings. The summed E-state index contributed by atoms with van der Waals surface area (Å²) in [6.45, 7) is 2.98. The molecular formula is C28H27N3O5. The summed E-state index contributed by atoms with van der Waals surface area (Å²) >= 11 is 0. The molecule has 1 amide bonds. The minimum Gasteiger partial charge on any atom is -0.497 e. The molecule has 3 aromatic carbocycles. The number of hydrogen-bond acceptors (Lipinski definition) is 7. The molecule has 1 aromatic heterocycles. The van der Waals surface area contributed by atoms with Crippen LogP contribution in [-0.2, 0) is 0 Å². The summed E-state index contributed by atoms with van der Waals surface area (Å²) in [6, 6.07) is 20.2. The number of nitrogens with one attached hydrogen (secondary N) is 2. The SMILES string of the molecule is COc1ccc(OC)c(Nc2cc(C(=O)NC(C)c3ccc4c(c3)OCCO4)c3ccccc3n2)c1. The van der Waals surface area contributed by atoms with E-state index in [1.165, 1.54) is 0 Å². The van der Waals surface area contributed by atoms with Crippen molar-refractivity contribution >= 4 is 28.3 Å². The molecule has 0 aliphatic carbocycles. The molecule has 8 heteroatoms. The third-order valence-corrected chi connectivity index (χ3v) is 6.04. The quantitative estimate of drug-likeness (QED) is 0.369. The molecule has 2 heterocycles. The number of nitrogens with zero attached hydrogens (tertiary/aromatic N) is 1. The Labute approximate surface area is 209 Å². The molecule has 1 aliphatic heterocycles. The lowest BCUT2D eigenvalue weighted by Crippen LogP contribution is -2.27. The summed E-state index contributed by atoms with van der Waals surface area (Å²) < 4.78 is 22.1. The van der Waals surface area contributed by atoms with E-state index in [0.717, 1.165) is 10.9 Å². The van der Waals surface area contributed by atoms with Crippen molar-refractivity contribution < 1.29 is 23.7 Å². The van der Waals surface area contributed by atoms with E-state index in [1.807, 2.05) is 67.6 Å². The summed E-state index contributed by atoms with van der Waals surface area (Å²) in [5.41, 5.74) is 2.80. The molecule has 0 bridgehead atoms. The standard InChI is InChI=1S/C28H27N3O5/c1-17(18-8-10-25-26(14-18)36-13-12-35-25)29-28(32)21-16-27(30-22-7-5-4-6-20(21)22)31-23-15-19(33-2)9-11-24(23)34-3/h4-11,14-17H,12-13H2,1-3H3,(H,29,32)(H,30,31). The van der Waals surface area contributed by atoms with Gasteiger partial charge in [-0.3, -0.25) is 4.79 Å². The molecule has 0 fully saturated rings. The van der Waals surface area contributed by atoms with Crippen molar-refractivity contribution in [1.29, 1.82) is 0 Å². The highest BCUT2D eigenvalue weighted by Gasteiger charge is 2.19. The number of aromatic nitrogens is 1. The van der Waals surface area contributed by atoms with Crippen LogP contribution in [0.2, 0.25) is 0 Å². The van der Waals surface area contributed by atoms with E-state index >= 15 is 0 Å². The normalized spacial score (nSPS) is 13.1. The van der Waals surface area contributed by atoms with Gasteiger partial charge in [0.1, 0.15) is 30.5 Å². The third kappa shape index (κ3) is 4.70. The van der Waals surface area contributed by atoms with Gasteiger partial charge in [-0.15, -0.1) is 0 Å². The Balaban J connectivity index is 1.45. The molecule has 0 radical (unpaired) electrons. The topological polar surface area (TPSA) is 90.9 Å². The molecular weight excluding hydrogens is 458 g/mol. The van der Waals surface area contributed by atoms with Crippen LogP contribution < -0.4 is 29.6 Å². The van der Waals surface area contributed by atoms with Crippen molar-refractivity contribution in [2.45, 2.75) is 13.0 Å². The van der Waals surface area contributed by atoms with Crippen LogP contribution in [0.3, 0.4) is 0 Å². The van der Waals surface area contributed by atoms with E-state index < -0.39 is 0 Å². The summed E-state index contributed by atoms with van der Waals surface area (Å²) in [4.78, 5) is 18.2. The second-order valence-electron chi connectivity index (χ2n) is 8.36. The molecule has 5 rings (SSSR count). The average molecular weight is 486 g/mol. The molecule has 36 heavy (non-hydrogen) atoms. The Morgan fingerprint density at radius 2 is 1.75 bits per heavy atom. The van der Waals surface area contributed by atoms with Gasteiger partial charge in [0.2, 0.25) is 0 Å². The Kier molecular flexibility index (Phi) is 6.49. The molecule has 1 atom stereocenters.